The Morgan fingerprint density at radius 2 is 1.89 bits per heavy atom. The minimum atomic E-state index is -0.840. The van der Waals surface area contributed by atoms with Crippen molar-refractivity contribution in [1.29, 1.82) is 0 Å². The van der Waals surface area contributed by atoms with Crippen molar-refractivity contribution in [2.24, 2.45) is 0 Å². The Hall–Kier alpha value is -2.51. The fourth-order valence-electron chi connectivity index (χ4n) is 2.73. The summed E-state index contributed by atoms with van der Waals surface area (Å²) in [7, 11) is 0. The molecule has 0 saturated heterocycles. The number of hydrogen-bond acceptors (Lipinski definition) is 4. The number of nitrogens with zero attached hydrogens (tertiary/aromatic N) is 3. The van der Waals surface area contributed by atoms with Gasteiger partial charge in [-0.1, -0.05) is 42.1 Å². The highest BCUT2D eigenvalue weighted by Crippen LogP contribution is 2.32. The molecule has 0 unspecified atom stereocenters. The summed E-state index contributed by atoms with van der Waals surface area (Å²) in [5.41, 5.74) is 2.35. The first-order valence-electron chi connectivity index (χ1n) is 8.25. The zero-order chi connectivity index (χ0) is 18.8. The standard InChI is InChI=1S/C20H15F2N3S2/c1-13-5-2-7-15(11-13)25-19(17-9-4-10-26-17)23-24-20(25)27-12-14-6-3-8-16(21)18(14)22/h2-11H,12H2,1H3. The van der Waals surface area contributed by atoms with Crippen molar-refractivity contribution in [2.45, 2.75) is 17.8 Å². The van der Waals surface area contributed by atoms with Crippen LogP contribution in [0.2, 0.25) is 0 Å². The lowest BCUT2D eigenvalue weighted by atomic mass is 10.2. The van der Waals surface area contributed by atoms with Crippen molar-refractivity contribution in [1.82, 2.24) is 14.8 Å². The molecule has 0 radical (unpaired) electrons. The molecule has 0 aliphatic rings. The monoisotopic (exact) mass is 399 g/mol. The maximum atomic E-state index is 14.0. The lowest BCUT2D eigenvalue weighted by molar-refractivity contribution is 0.502. The van der Waals surface area contributed by atoms with Gasteiger partial charge >= 0.3 is 0 Å². The summed E-state index contributed by atoms with van der Waals surface area (Å²) >= 11 is 2.91. The fourth-order valence-corrected chi connectivity index (χ4v) is 4.36. The molecule has 0 bridgehead atoms. The lowest BCUT2D eigenvalue weighted by Crippen LogP contribution is -2.00. The van der Waals surface area contributed by atoms with E-state index < -0.39 is 11.6 Å². The van der Waals surface area contributed by atoms with E-state index in [2.05, 4.69) is 10.2 Å². The Morgan fingerprint density at radius 1 is 1.04 bits per heavy atom. The predicted molar refractivity (Wildman–Crippen MR) is 105 cm³/mol. The van der Waals surface area contributed by atoms with E-state index in [1.165, 1.54) is 17.8 Å². The maximum Gasteiger partial charge on any atom is 0.196 e. The molecule has 27 heavy (non-hydrogen) atoms. The van der Waals surface area contributed by atoms with Crippen LogP contribution in [0.5, 0.6) is 0 Å². The Kier molecular flexibility index (Phi) is 5.05. The van der Waals surface area contributed by atoms with Gasteiger partial charge in [0.15, 0.2) is 22.6 Å². The molecule has 0 spiro atoms. The first-order chi connectivity index (χ1) is 13.1. The lowest BCUT2D eigenvalue weighted by Gasteiger charge is -2.10. The summed E-state index contributed by atoms with van der Waals surface area (Å²) in [5.74, 6) is -0.659. The molecule has 4 aromatic rings. The molecule has 4 rings (SSSR count). The van der Waals surface area contributed by atoms with E-state index in [4.69, 9.17) is 0 Å². The third-order valence-corrected chi connectivity index (χ3v) is 5.87. The molecule has 0 N–H and O–H groups in total. The molecule has 0 atom stereocenters. The molecule has 0 saturated carbocycles. The van der Waals surface area contributed by atoms with Gasteiger partial charge in [0.05, 0.1) is 10.6 Å². The quantitative estimate of drug-likeness (QED) is 0.393. The first kappa shape index (κ1) is 17.9. The number of thiophene rings is 1. The van der Waals surface area contributed by atoms with Crippen LogP contribution in [0.1, 0.15) is 11.1 Å². The zero-order valence-corrected chi connectivity index (χ0v) is 16.0. The Morgan fingerprint density at radius 3 is 2.67 bits per heavy atom. The van der Waals surface area contributed by atoms with Crippen LogP contribution in [0, 0.1) is 18.6 Å². The molecule has 136 valence electrons. The van der Waals surface area contributed by atoms with Crippen molar-refractivity contribution in [3.05, 3.63) is 82.7 Å². The van der Waals surface area contributed by atoms with Crippen LogP contribution in [-0.4, -0.2) is 14.8 Å². The van der Waals surface area contributed by atoms with Gasteiger partial charge in [0, 0.05) is 11.3 Å². The highest BCUT2D eigenvalue weighted by molar-refractivity contribution is 7.98. The molecule has 3 nitrogen and oxygen atoms in total. The highest BCUT2D eigenvalue weighted by Gasteiger charge is 2.18. The van der Waals surface area contributed by atoms with E-state index in [0.717, 1.165) is 28.0 Å². The van der Waals surface area contributed by atoms with Crippen LogP contribution >= 0.6 is 23.1 Å². The van der Waals surface area contributed by atoms with Gasteiger partial charge in [-0.2, -0.15) is 0 Å². The molecule has 2 aromatic heterocycles. The summed E-state index contributed by atoms with van der Waals surface area (Å²) in [5, 5.41) is 11.3. The van der Waals surface area contributed by atoms with Crippen LogP contribution in [0.25, 0.3) is 16.4 Å². The number of benzene rings is 2. The molecule has 0 aliphatic carbocycles. The third kappa shape index (κ3) is 3.65. The predicted octanol–water partition coefficient (Wildman–Crippen LogP) is 5.87. The number of hydrogen-bond donors (Lipinski definition) is 0. The minimum absolute atomic E-state index is 0.262. The number of aryl methyl sites for hydroxylation is 1. The van der Waals surface area contributed by atoms with Crippen molar-refractivity contribution in [2.75, 3.05) is 0 Å². The summed E-state index contributed by atoms with van der Waals surface area (Å²) in [4.78, 5) is 0.993. The minimum Gasteiger partial charge on any atom is -0.269 e. The molecule has 0 aliphatic heterocycles. The average Bonchev–Trinajstić information content (AvgIpc) is 3.32. The maximum absolute atomic E-state index is 14.0. The van der Waals surface area contributed by atoms with Crippen molar-refractivity contribution in [3.63, 3.8) is 0 Å². The summed E-state index contributed by atoms with van der Waals surface area (Å²) in [6.07, 6.45) is 0. The van der Waals surface area contributed by atoms with Gasteiger partial charge in [0.25, 0.3) is 0 Å². The van der Waals surface area contributed by atoms with Gasteiger partial charge in [-0.15, -0.1) is 21.5 Å². The number of thioether (sulfide) groups is 1. The van der Waals surface area contributed by atoms with Crippen LogP contribution in [-0.2, 0) is 5.75 Å². The Balaban J connectivity index is 1.73. The van der Waals surface area contributed by atoms with Gasteiger partial charge in [0.2, 0.25) is 0 Å². The fraction of sp³-hybridized carbons (Fsp3) is 0.100. The van der Waals surface area contributed by atoms with Crippen LogP contribution < -0.4 is 0 Å². The van der Waals surface area contributed by atoms with Gasteiger partial charge in [-0.05, 0) is 42.1 Å². The first-order valence-corrected chi connectivity index (χ1v) is 10.1. The highest BCUT2D eigenvalue weighted by atomic mass is 32.2. The SMILES string of the molecule is Cc1cccc(-n2c(SCc3cccc(F)c3F)nnc2-c2cccs2)c1. The van der Waals surface area contributed by atoms with Gasteiger partial charge in [0.1, 0.15) is 0 Å². The van der Waals surface area contributed by atoms with E-state index in [9.17, 15) is 8.78 Å². The number of halogens is 2. The molecule has 7 heteroatoms. The van der Waals surface area contributed by atoms with Crippen LogP contribution in [0.3, 0.4) is 0 Å². The van der Waals surface area contributed by atoms with Crippen molar-refractivity contribution < 1.29 is 8.78 Å². The van der Waals surface area contributed by atoms with E-state index in [-0.39, 0.29) is 5.75 Å². The molecular formula is C20H15F2N3S2. The third-order valence-electron chi connectivity index (χ3n) is 4.02. The Labute approximate surface area is 163 Å². The Bertz CT molecular complexity index is 1070. The summed E-state index contributed by atoms with van der Waals surface area (Å²) in [6, 6.07) is 16.2. The topological polar surface area (TPSA) is 30.7 Å². The van der Waals surface area contributed by atoms with Crippen molar-refractivity contribution in [3.8, 4) is 16.4 Å². The second-order valence-corrected chi connectivity index (χ2v) is 7.85. The van der Waals surface area contributed by atoms with E-state index >= 15 is 0 Å². The zero-order valence-electron chi connectivity index (χ0n) is 14.4. The van der Waals surface area contributed by atoms with Gasteiger partial charge in [-0.3, -0.25) is 4.57 Å². The van der Waals surface area contributed by atoms with Crippen molar-refractivity contribution >= 4 is 23.1 Å². The molecular weight excluding hydrogens is 384 g/mol. The molecule has 2 heterocycles. The molecule has 2 aromatic carbocycles. The average molecular weight is 399 g/mol. The van der Waals surface area contributed by atoms with E-state index in [0.29, 0.717) is 10.7 Å². The normalized spacial score (nSPS) is 11.1. The van der Waals surface area contributed by atoms with Gasteiger partial charge < -0.3 is 0 Å². The van der Waals surface area contributed by atoms with Gasteiger partial charge in [-0.25, -0.2) is 8.78 Å². The van der Waals surface area contributed by atoms with Crippen LogP contribution in [0.4, 0.5) is 8.78 Å². The largest absolute Gasteiger partial charge is 0.269 e. The van der Waals surface area contributed by atoms with E-state index in [1.807, 2.05) is 53.3 Å². The summed E-state index contributed by atoms with van der Waals surface area (Å²) in [6.45, 7) is 2.02. The summed E-state index contributed by atoms with van der Waals surface area (Å²) < 4.78 is 29.4. The number of rotatable bonds is 5. The van der Waals surface area contributed by atoms with E-state index in [1.54, 1.807) is 17.4 Å². The smallest absolute Gasteiger partial charge is 0.196 e. The van der Waals surface area contributed by atoms with Crippen LogP contribution in [0.15, 0.2) is 65.1 Å². The molecule has 0 fully saturated rings. The second kappa shape index (κ2) is 7.62. The number of aromatic nitrogens is 3. The second-order valence-electron chi connectivity index (χ2n) is 5.96. The molecule has 0 amide bonds.